The van der Waals surface area contributed by atoms with Crippen LogP contribution >= 0.6 is 0 Å². The van der Waals surface area contributed by atoms with Gasteiger partial charge in [0.2, 0.25) is 17.7 Å². The van der Waals surface area contributed by atoms with Crippen LogP contribution in [0.5, 0.6) is 0 Å². The smallest absolute Gasteiger partial charge is 0.245 e. The molecule has 0 aromatic carbocycles. The van der Waals surface area contributed by atoms with E-state index < -0.39 is 24.0 Å². The van der Waals surface area contributed by atoms with E-state index in [1.165, 1.54) is 4.90 Å². The summed E-state index contributed by atoms with van der Waals surface area (Å²) in [6.07, 6.45) is 3.68. The molecule has 0 spiro atoms. The number of rotatable bonds is 8. The standard InChI is InChI=1S/C16H26N6O4/c17-16(18)19-7-1-4-12(15(26)22-8-2-3-10(22)9-23)21-14(25)11-5-6-13(24)20-11/h9-12H,1-8H2,(H,20,24)(H,21,25)(H4,17,18,19)/t10-,11-,12-/m0/s1. The largest absolute Gasteiger partial charge is 0.370 e. The van der Waals surface area contributed by atoms with Crippen molar-refractivity contribution in [2.45, 2.75) is 56.7 Å². The second-order valence-corrected chi connectivity index (χ2v) is 6.58. The van der Waals surface area contributed by atoms with Crippen LogP contribution in [0.1, 0.15) is 38.5 Å². The van der Waals surface area contributed by atoms with Crippen molar-refractivity contribution in [3.63, 3.8) is 0 Å². The lowest BCUT2D eigenvalue weighted by atomic mass is 10.1. The summed E-state index contributed by atoms with van der Waals surface area (Å²) >= 11 is 0. The van der Waals surface area contributed by atoms with E-state index in [0.717, 1.165) is 12.7 Å². The van der Waals surface area contributed by atoms with Gasteiger partial charge in [-0.25, -0.2) is 0 Å². The van der Waals surface area contributed by atoms with Gasteiger partial charge in [-0.2, -0.15) is 0 Å². The third-order valence-electron chi connectivity index (χ3n) is 4.65. The molecular formula is C16H26N6O4. The third-order valence-corrected chi connectivity index (χ3v) is 4.65. The van der Waals surface area contributed by atoms with Crippen LogP contribution < -0.4 is 21.7 Å². The first-order chi connectivity index (χ1) is 12.4. The minimum absolute atomic E-state index is 0.161. The summed E-state index contributed by atoms with van der Waals surface area (Å²) in [5.41, 5.74) is 5.23. The lowest BCUT2D eigenvalue weighted by molar-refractivity contribution is -0.139. The molecule has 2 heterocycles. The highest BCUT2D eigenvalue weighted by molar-refractivity contribution is 5.94. The maximum atomic E-state index is 12.8. The normalized spacial score (nSPS) is 23.2. The molecule has 0 saturated carbocycles. The number of carbonyl (C=O) groups is 4. The van der Waals surface area contributed by atoms with Crippen LogP contribution in [-0.4, -0.2) is 66.1 Å². The summed E-state index contributed by atoms with van der Waals surface area (Å²) in [7, 11) is 0. The molecule has 2 rings (SSSR count). The summed E-state index contributed by atoms with van der Waals surface area (Å²) in [6, 6.07) is -1.87. The molecule has 2 aliphatic rings. The second kappa shape index (κ2) is 9.16. The fraction of sp³-hybridized carbons (Fsp3) is 0.688. The number of nitrogens with two attached hydrogens (primary N) is 1. The highest BCUT2D eigenvalue weighted by Crippen LogP contribution is 2.18. The van der Waals surface area contributed by atoms with Gasteiger partial charge in [0.15, 0.2) is 5.96 Å². The molecule has 10 nitrogen and oxygen atoms in total. The molecule has 2 fully saturated rings. The zero-order chi connectivity index (χ0) is 19.1. The minimum atomic E-state index is -0.783. The first-order valence-electron chi connectivity index (χ1n) is 8.85. The Morgan fingerprint density at radius 3 is 2.81 bits per heavy atom. The van der Waals surface area contributed by atoms with E-state index in [0.29, 0.717) is 45.2 Å². The lowest BCUT2D eigenvalue weighted by Crippen LogP contribution is -2.54. The molecule has 0 aromatic rings. The van der Waals surface area contributed by atoms with Gasteiger partial charge in [0, 0.05) is 19.5 Å². The topological polar surface area (TPSA) is 157 Å². The SMILES string of the molecule is N=C(N)NCCC[C@H](NC(=O)[C@@H]1CCC(=O)N1)C(=O)N1CCC[C@H]1C=O. The third kappa shape index (κ3) is 5.17. The number of guanidine groups is 1. The van der Waals surface area contributed by atoms with Crippen LogP contribution in [0.25, 0.3) is 0 Å². The molecule has 0 aliphatic carbocycles. The van der Waals surface area contributed by atoms with Gasteiger partial charge >= 0.3 is 0 Å². The van der Waals surface area contributed by atoms with E-state index in [1.54, 1.807) is 0 Å². The number of hydrogen-bond donors (Lipinski definition) is 5. The highest BCUT2D eigenvalue weighted by atomic mass is 16.2. The van der Waals surface area contributed by atoms with Gasteiger partial charge in [-0.05, 0) is 32.1 Å². The molecule has 144 valence electrons. The van der Waals surface area contributed by atoms with Gasteiger partial charge in [-0.15, -0.1) is 0 Å². The predicted molar refractivity (Wildman–Crippen MR) is 93.0 cm³/mol. The van der Waals surface area contributed by atoms with E-state index in [2.05, 4.69) is 16.0 Å². The quantitative estimate of drug-likeness (QED) is 0.148. The van der Waals surface area contributed by atoms with Crippen LogP contribution in [0.2, 0.25) is 0 Å². The van der Waals surface area contributed by atoms with Crippen molar-refractivity contribution >= 4 is 30.0 Å². The number of carbonyl (C=O) groups excluding carboxylic acids is 4. The Morgan fingerprint density at radius 1 is 1.42 bits per heavy atom. The molecule has 0 aromatic heterocycles. The van der Waals surface area contributed by atoms with Gasteiger partial charge in [0.1, 0.15) is 18.4 Å². The van der Waals surface area contributed by atoms with Crippen molar-refractivity contribution in [1.82, 2.24) is 20.9 Å². The number of amides is 3. The van der Waals surface area contributed by atoms with Crippen molar-refractivity contribution in [3.05, 3.63) is 0 Å². The zero-order valence-electron chi connectivity index (χ0n) is 14.6. The molecule has 26 heavy (non-hydrogen) atoms. The minimum Gasteiger partial charge on any atom is -0.370 e. The Hall–Kier alpha value is -2.65. The van der Waals surface area contributed by atoms with Crippen molar-refractivity contribution in [2.24, 2.45) is 5.73 Å². The number of aldehydes is 1. The fourth-order valence-electron chi connectivity index (χ4n) is 3.28. The Labute approximate surface area is 151 Å². The second-order valence-electron chi connectivity index (χ2n) is 6.58. The Kier molecular flexibility index (Phi) is 6.93. The maximum absolute atomic E-state index is 12.8. The lowest BCUT2D eigenvalue weighted by Gasteiger charge is -2.27. The van der Waals surface area contributed by atoms with E-state index >= 15 is 0 Å². The van der Waals surface area contributed by atoms with E-state index in [4.69, 9.17) is 11.1 Å². The van der Waals surface area contributed by atoms with E-state index in [9.17, 15) is 19.2 Å². The molecule has 3 atom stereocenters. The summed E-state index contributed by atoms with van der Waals surface area (Å²) in [4.78, 5) is 49.2. The van der Waals surface area contributed by atoms with Crippen LogP contribution in [0.3, 0.4) is 0 Å². The highest BCUT2D eigenvalue weighted by Gasteiger charge is 2.35. The average Bonchev–Trinajstić information content (AvgIpc) is 3.25. The molecule has 0 bridgehead atoms. The molecular weight excluding hydrogens is 340 g/mol. The van der Waals surface area contributed by atoms with Gasteiger partial charge < -0.3 is 31.4 Å². The summed E-state index contributed by atoms with van der Waals surface area (Å²) in [5.74, 6) is -1.03. The van der Waals surface area contributed by atoms with Crippen molar-refractivity contribution in [2.75, 3.05) is 13.1 Å². The van der Waals surface area contributed by atoms with Crippen LogP contribution in [0.4, 0.5) is 0 Å². The fourth-order valence-corrected chi connectivity index (χ4v) is 3.28. The first kappa shape index (κ1) is 19.7. The van der Waals surface area contributed by atoms with Crippen LogP contribution in [0.15, 0.2) is 0 Å². The van der Waals surface area contributed by atoms with Gasteiger partial charge in [-0.1, -0.05) is 0 Å². The number of likely N-dealkylation sites (tertiary alicyclic amines) is 1. The zero-order valence-corrected chi connectivity index (χ0v) is 14.6. The summed E-state index contributed by atoms with van der Waals surface area (Å²) in [5, 5.41) is 15.1. The van der Waals surface area contributed by atoms with Crippen LogP contribution in [-0.2, 0) is 19.2 Å². The molecule has 6 N–H and O–H groups in total. The van der Waals surface area contributed by atoms with Gasteiger partial charge in [0.05, 0.1) is 6.04 Å². The van der Waals surface area contributed by atoms with E-state index in [-0.39, 0.29) is 17.8 Å². The maximum Gasteiger partial charge on any atom is 0.245 e. The average molecular weight is 366 g/mol. The van der Waals surface area contributed by atoms with Gasteiger partial charge in [0.25, 0.3) is 0 Å². The Bertz CT molecular complexity index is 581. The number of nitrogens with zero attached hydrogens (tertiary/aromatic N) is 1. The van der Waals surface area contributed by atoms with Gasteiger partial charge in [-0.3, -0.25) is 19.8 Å². The van der Waals surface area contributed by atoms with Crippen LogP contribution in [0, 0.1) is 5.41 Å². The molecule has 0 unspecified atom stereocenters. The van der Waals surface area contributed by atoms with Crippen molar-refractivity contribution < 1.29 is 19.2 Å². The molecule has 0 radical (unpaired) electrons. The van der Waals surface area contributed by atoms with Crippen molar-refractivity contribution in [3.8, 4) is 0 Å². The Balaban J connectivity index is 1.99. The summed E-state index contributed by atoms with van der Waals surface area (Å²) in [6.45, 7) is 0.882. The Morgan fingerprint density at radius 2 is 2.19 bits per heavy atom. The molecule has 2 aliphatic heterocycles. The van der Waals surface area contributed by atoms with E-state index in [1.807, 2.05) is 0 Å². The number of hydrogen-bond acceptors (Lipinski definition) is 5. The molecule has 2 saturated heterocycles. The number of nitrogens with one attached hydrogen (secondary N) is 4. The monoisotopic (exact) mass is 366 g/mol. The predicted octanol–water partition coefficient (Wildman–Crippen LogP) is -1.80. The van der Waals surface area contributed by atoms with Crippen molar-refractivity contribution in [1.29, 1.82) is 5.41 Å². The summed E-state index contributed by atoms with van der Waals surface area (Å²) < 4.78 is 0. The molecule has 3 amide bonds. The first-order valence-corrected chi connectivity index (χ1v) is 8.85. The molecule has 10 heteroatoms.